The third-order valence-electron chi connectivity index (χ3n) is 2.90. The quantitative estimate of drug-likeness (QED) is 0.678. The molecule has 0 radical (unpaired) electrons. The van der Waals surface area contributed by atoms with Crippen LogP contribution in [0.5, 0.6) is 11.5 Å². The fourth-order valence-electron chi connectivity index (χ4n) is 1.74. The maximum absolute atomic E-state index is 5.85. The van der Waals surface area contributed by atoms with Gasteiger partial charge in [-0.1, -0.05) is 28.1 Å². The summed E-state index contributed by atoms with van der Waals surface area (Å²) in [4.78, 5) is 0. The van der Waals surface area contributed by atoms with Crippen molar-refractivity contribution in [1.82, 2.24) is 5.32 Å². The van der Waals surface area contributed by atoms with Gasteiger partial charge in [-0.15, -0.1) is 0 Å². The number of benzene rings is 2. The van der Waals surface area contributed by atoms with Gasteiger partial charge in [-0.3, -0.25) is 0 Å². The molecule has 4 heteroatoms. The first-order valence-electron chi connectivity index (χ1n) is 6.00. The molecule has 0 heterocycles. The van der Waals surface area contributed by atoms with Crippen LogP contribution in [0, 0.1) is 3.57 Å². The Kier molecular flexibility index (Phi) is 5.24. The molecule has 0 aliphatic rings. The predicted molar refractivity (Wildman–Crippen MR) is 90.8 cm³/mol. The zero-order chi connectivity index (χ0) is 13.8. The molecule has 0 saturated heterocycles. The SMILES string of the molecule is CNC(C)c1ccc(Oc2cccc(I)c2)cc1Br. The van der Waals surface area contributed by atoms with Gasteiger partial charge in [0.15, 0.2) is 0 Å². The molecule has 0 aromatic heterocycles. The number of ether oxygens (including phenoxy) is 1. The number of nitrogens with one attached hydrogen (secondary N) is 1. The average molecular weight is 432 g/mol. The van der Waals surface area contributed by atoms with Gasteiger partial charge in [-0.2, -0.15) is 0 Å². The summed E-state index contributed by atoms with van der Waals surface area (Å²) in [5, 5.41) is 3.23. The van der Waals surface area contributed by atoms with Gasteiger partial charge >= 0.3 is 0 Å². The van der Waals surface area contributed by atoms with Crippen LogP contribution < -0.4 is 10.1 Å². The molecule has 2 aromatic carbocycles. The highest BCUT2D eigenvalue weighted by Crippen LogP contribution is 2.30. The summed E-state index contributed by atoms with van der Waals surface area (Å²) in [5.74, 6) is 1.69. The molecule has 2 aromatic rings. The number of rotatable bonds is 4. The van der Waals surface area contributed by atoms with Gasteiger partial charge in [0.1, 0.15) is 11.5 Å². The molecule has 19 heavy (non-hydrogen) atoms. The van der Waals surface area contributed by atoms with Crippen LogP contribution in [0.4, 0.5) is 0 Å². The minimum absolute atomic E-state index is 0.307. The van der Waals surface area contributed by atoms with Crippen LogP contribution in [0.25, 0.3) is 0 Å². The summed E-state index contributed by atoms with van der Waals surface area (Å²) < 4.78 is 8.07. The van der Waals surface area contributed by atoms with Gasteiger partial charge in [-0.05, 0) is 72.5 Å². The maximum atomic E-state index is 5.85. The van der Waals surface area contributed by atoms with Crippen molar-refractivity contribution in [2.24, 2.45) is 0 Å². The molecule has 0 fully saturated rings. The predicted octanol–water partition coefficient (Wildman–Crippen LogP) is 5.13. The van der Waals surface area contributed by atoms with Crippen molar-refractivity contribution >= 4 is 38.5 Å². The second-order valence-electron chi connectivity index (χ2n) is 4.25. The first-order chi connectivity index (χ1) is 9.10. The highest BCUT2D eigenvalue weighted by Gasteiger charge is 2.08. The lowest BCUT2D eigenvalue weighted by Crippen LogP contribution is -2.12. The van der Waals surface area contributed by atoms with Crippen molar-refractivity contribution in [3.8, 4) is 11.5 Å². The Hall–Kier alpha value is -0.590. The van der Waals surface area contributed by atoms with E-state index in [2.05, 4.69) is 56.8 Å². The normalized spacial score (nSPS) is 12.2. The highest BCUT2D eigenvalue weighted by molar-refractivity contribution is 14.1. The molecule has 1 N–H and O–H groups in total. The van der Waals surface area contributed by atoms with E-state index in [-0.39, 0.29) is 0 Å². The lowest BCUT2D eigenvalue weighted by Gasteiger charge is -2.14. The molecule has 2 nitrogen and oxygen atoms in total. The van der Waals surface area contributed by atoms with E-state index in [1.54, 1.807) is 0 Å². The second-order valence-corrected chi connectivity index (χ2v) is 6.35. The molecular formula is C15H15BrINO. The fourth-order valence-corrected chi connectivity index (χ4v) is 2.96. The maximum Gasteiger partial charge on any atom is 0.128 e. The molecule has 0 amide bonds. The summed E-state index contributed by atoms with van der Waals surface area (Å²) in [6.45, 7) is 2.13. The largest absolute Gasteiger partial charge is 0.457 e. The molecular weight excluding hydrogens is 417 g/mol. The summed E-state index contributed by atoms with van der Waals surface area (Å²) in [5.41, 5.74) is 1.22. The van der Waals surface area contributed by atoms with Gasteiger partial charge in [0.25, 0.3) is 0 Å². The third-order valence-corrected chi connectivity index (χ3v) is 4.26. The average Bonchev–Trinajstić information content (AvgIpc) is 2.38. The van der Waals surface area contributed by atoms with E-state index in [4.69, 9.17) is 4.74 Å². The highest BCUT2D eigenvalue weighted by atomic mass is 127. The van der Waals surface area contributed by atoms with Crippen molar-refractivity contribution in [2.45, 2.75) is 13.0 Å². The standard InChI is InChI=1S/C15H15BrINO/c1-10(18-2)14-7-6-13(9-15(14)16)19-12-5-3-4-11(17)8-12/h3-10,18H,1-2H3. The van der Waals surface area contributed by atoms with E-state index in [0.29, 0.717) is 6.04 Å². The molecule has 0 aliphatic heterocycles. The number of hydrogen-bond acceptors (Lipinski definition) is 2. The first-order valence-corrected chi connectivity index (χ1v) is 7.87. The summed E-state index contributed by atoms with van der Waals surface area (Å²) >= 11 is 5.87. The van der Waals surface area contributed by atoms with E-state index in [0.717, 1.165) is 19.5 Å². The van der Waals surface area contributed by atoms with Crippen molar-refractivity contribution in [2.75, 3.05) is 7.05 Å². The van der Waals surface area contributed by atoms with Gasteiger partial charge in [0, 0.05) is 14.1 Å². The zero-order valence-corrected chi connectivity index (χ0v) is 14.5. The Labute approximate surface area is 135 Å². The van der Waals surface area contributed by atoms with Crippen LogP contribution in [0.1, 0.15) is 18.5 Å². The number of hydrogen-bond donors (Lipinski definition) is 1. The Balaban J connectivity index is 2.21. The van der Waals surface area contributed by atoms with Crippen molar-refractivity contribution < 1.29 is 4.74 Å². The van der Waals surface area contributed by atoms with Gasteiger partial charge in [0.2, 0.25) is 0 Å². The number of halogens is 2. The molecule has 0 aliphatic carbocycles. The minimum Gasteiger partial charge on any atom is -0.457 e. The topological polar surface area (TPSA) is 21.3 Å². The van der Waals surface area contributed by atoms with Gasteiger partial charge in [-0.25, -0.2) is 0 Å². The van der Waals surface area contributed by atoms with Crippen LogP contribution in [-0.4, -0.2) is 7.05 Å². The van der Waals surface area contributed by atoms with E-state index in [9.17, 15) is 0 Å². The first kappa shape index (κ1) is 14.8. The Morgan fingerprint density at radius 1 is 1.16 bits per heavy atom. The monoisotopic (exact) mass is 431 g/mol. The summed E-state index contributed by atoms with van der Waals surface area (Å²) in [6, 6.07) is 14.4. The lowest BCUT2D eigenvalue weighted by atomic mass is 10.1. The Morgan fingerprint density at radius 2 is 1.89 bits per heavy atom. The zero-order valence-electron chi connectivity index (χ0n) is 10.8. The van der Waals surface area contributed by atoms with E-state index >= 15 is 0 Å². The molecule has 0 saturated carbocycles. The Morgan fingerprint density at radius 3 is 2.53 bits per heavy atom. The smallest absolute Gasteiger partial charge is 0.128 e. The molecule has 1 unspecified atom stereocenters. The second kappa shape index (κ2) is 6.72. The molecule has 1 atom stereocenters. The van der Waals surface area contributed by atoms with Crippen LogP contribution in [0.15, 0.2) is 46.9 Å². The summed E-state index contributed by atoms with van der Waals surface area (Å²) in [7, 11) is 1.95. The van der Waals surface area contributed by atoms with Crippen LogP contribution in [-0.2, 0) is 0 Å². The van der Waals surface area contributed by atoms with Gasteiger partial charge in [0.05, 0.1) is 0 Å². The van der Waals surface area contributed by atoms with Crippen LogP contribution in [0.3, 0.4) is 0 Å². The van der Waals surface area contributed by atoms with Crippen LogP contribution in [0.2, 0.25) is 0 Å². The van der Waals surface area contributed by atoms with Crippen molar-refractivity contribution in [1.29, 1.82) is 0 Å². The van der Waals surface area contributed by atoms with Gasteiger partial charge < -0.3 is 10.1 Å². The molecule has 100 valence electrons. The summed E-state index contributed by atoms with van der Waals surface area (Å²) in [6.07, 6.45) is 0. The van der Waals surface area contributed by atoms with E-state index in [1.807, 2.05) is 43.4 Å². The van der Waals surface area contributed by atoms with Crippen LogP contribution >= 0.6 is 38.5 Å². The van der Waals surface area contributed by atoms with Crippen molar-refractivity contribution in [3.05, 3.63) is 56.1 Å². The minimum atomic E-state index is 0.307. The molecule has 0 bridgehead atoms. The molecule has 0 spiro atoms. The Bertz CT molecular complexity index is 574. The van der Waals surface area contributed by atoms with Crippen molar-refractivity contribution in [3.63, 3.8) is 0 Å². The van der Waals surface area contributed by atoms with E-state index in [1.165, 1.54) is 5.56 Å². The fraction of sp³-hybridized carbons (Fsp3) is 0.200. The third kappa shape index (κ3) is 3.94. The van der Waals surface area contributed by atoms with E-state index < -0.39 is 0 Å². The molecule has 2 rings (SSSR count). The lowest BCUT2D eigenvalue weighted by molar-refractivity contribution is 0.481.